The summed E-state index contributed by atoms with van der Waals surface area (Å²) in [5, 5.41) is 11.8. The normalized spacial score (nSPS) is 25.6. The van der Waals surface area contributed by atoms with Crippen molar-refractivity contribution in [1.82, 2.24) is 19.8 Å². The van der Waals surface area contributed by atoms with Crippen LogP contribution in [0.1, 0.15) is 35.2 Å². The number of hydrogen-bond donors (Lipinski definition) is 2. The van der Waals surface area contributed by atoms with E-state index in [0.29, 0.717) is 25.1 Å². The van der Waals surface area contributed by atoms with Gasteiger partial charge in [0.1, 0.15) is 5.60 Å². The summed E-state index contributed by atoms with van der Waals surface area (Å²) in [7, 11) is 0. The Balaban J connectivity index is 1.44. The molecule has 0 spiro atoms. The highest BCUT2D eigenvalue weighted by molar-refractivity contribution is 5.97. The van der Waals surface area contributed by atoms with Crippen LogP contribution in [0.5, 0.6) is 0 Å². The van der Waals surface area contributed by atoms with Gasteiger partial charge in [-0.25, -0.2) is 4.98 Å². The summed E-state index contributed by atoms with van der Waals surface area (Å²) in [6, 6.07) is 15.4. The highest BCUT2D eigenvalue weighted by Gasteiger charge is 2.47. The van der Waals surface area contributed by atoms with Crippen LogP contribution in [0.4, 0.5) is 0 Å². The van der Waals surface area contributed by atoms with Crippen molar-refractivity contribution in [3.05, 3.63) is 66.0 Å². The molecule has 6 nitrogen and oxygen atoms in total. The molecule has 0 bridgehead atoms. The zero-order chi connectivity index (χ0) is 19.8. The maximum atomic E-state index is 13.3. The number of carbonyl (C=O) groups is 1. The number of amides is 1. The Hall–Kier alpha value is -2.70. The van der Waals surface area contributed by atoms with Crippen LogP contribution in [0.15, 0.2) is 54.9 Å². The van der Waals surface area contributed by atoms with Crippen LogP contribution in [-0.2, 0) is 5.60 Å². The zero-order valence-electron chi connectivity index (χ0n) is 16.4. The molecule has 2 atom stereocenters. The standard InChI is InChI=1S/C23H26N4O2/c28-22(17-8-9-19-20(14-17)25-16-24-19)27-13-10-23(29,18-6-2-1-3-7-18)21(15-27)26-11-4-5-12-26/h1-3,6-9,14,16,21,29H,4-5,10-13,15H2,(H,24,25)/t21-,23+/m1/s1. The third-order valence-electron chi connectivity index (χ3n) is 6.52. The summed E-state index contributed by atoms with van der Waals surface area (Å²) in [6.45, 7) is 3.02. The molecule has 0 aliphatic carbocycles. The lowest BCUT2D eigenvalue weighted by Gasteiger charge is -2.48. The SMILES string of the molecule is O=C(c1ccc2nc[nH]c2c1)N1CC[C@](O)(c2ccccc2)[C@H](N2CCCC2)C1. The minimum Gasteiger partial charge on any atom is -0.383 e. The van der Waals surface area contributed by atoms with Crippen LogP contribution in [-0.4, -0.2) is 63.0 Å². The fraction of sp³-hybridized carbons (Fsp3) is 0.391. The van der Waals surface area contributed by atoms with Gasteiger partial charge in [-0.15, -0.1) is 0 Å². The minimum atomic E-state index is -0.935. The maximum absolute atomic E-state index is 13.3. The van der Waals surface area contributed by atoms with E-state index in [2.05, 4.69) is 14.9 Å². The number of H-pyrrole nitrogens is 1. The van der Waals surface area contributed by atoms with E-state index in [4.69, 9.17) is 0 Å². The second-order valence-electron chi connectivity index (χ2n) is 8.18. The van der Waals surface area contributed by atoms with Gasteiger partial charge in [0.15, 0.2) is 0 Å². The number of aliphatic hydroxyl groups is 1. The Morgan fingerprint density at radius 1 is 1.10 bits per heavy atom. The molecule has 0 unspecified atom stereocenters. The summed E-state index contributed by atoms with van der Waals surface area (Å²) >= 11 is 0. The number of benzene rings is 2. The molecule has 2 fully saturated rings. The molecule has 2 N–H and O–H groups in total. The van der Waals surface area contributed by atoms with Crippen LogP contribution in [0.3, 0.4) is 0 Å². The van der Waals surface area contributed by atoms with Crippen molar-refractivity contribution in [1.29, 1.82) is 0 Å². The monoisotopic (exact) mass is 390 g/mol. The van der Waals surface area contributed by atoms with Gasteiger partial charge in [0.25, 0.3) is 5.91 Å². The molecule has 2 aromatic carbocycles. The number of imidazole rings is 1. The predicted molar refractivity (Wildman–Crippen MR) is 112 cm³/mol. The first-order valence-electron chi connectivity index (χ1n) is 10.4. The molecule has 1 amide bonds. The second-order valence-corrected chi connectivity index (χ2v) is 8.18. The molecule has 2 aliphatic heterocycles. The van der Waals surface area contributed by atoms with E-state index < -0.39 is 5.60 Å². The first-order chi connectivity index (χ1) is 14.1. The number of carbonyl (C=O) groups excluding carboxylic acids is 1. The number of rotatable bonds is 3. The molecule has 1 aromatic heterocycles. The van der Waals surface area contributed by atoms with Crippen molar-refractivity contribution in [2.45, 2.75) is 30.9 Å². The van der Waals surface area contributed by atoms with Crippen LogP contribution >= 0.6 is 0 Å². The predicted octanol–water partition coefficient (Wildman–Crippen LogP) is 2.76. The van der Waals surface area contributed by atoms with Crippen LogP contribution < -0.4 is 0 Å². The topological polar surface area (TPSA) is 72.5 Å². The van der Waals surface area contributed by atoms with E-state index in [-0.39, 0.29) is 11.9 Å². The third-order valence-corrected chi connectivity index (χ3v) is 6.52. The number of aromatic amines is 1. The lowest BCUT2D eigenvalue weighted by atomic mass is 9.79. The van der Waals surface area contributed by atoms with E-state index in [1.165, 1.54) is 0 Å². The summed E-state index contributed by atoms with van der Waals surface area (Å²) < 4.78 is 0. The molecule has 3 aromatic rings. The largest absolute Gasteiger partial charge is 0.383 e. The quantitative estimate of drug-likeness (QED) is 0.721. The van der Waals surface area contributed by atoms with Gasteiger partial charge < -0.3 is 15.0 Å². The van der Waals surface area contributed by atoms with Crippen LogP contribution in [0.25, 0.3) is 11.0 Å². The average Bonchev–Trinajstić information content (AvgIpc) is 3.45. The number of nitrogens with zero attached hydrogens (tertiary/aromatic N) is 3. The lowest BCUT2D eigenvalue weighted by Crippen LogP contribution is -2.61. The van der Waals surface area contributed by atoms with E-state index in [1.807, 2.05) is 53.4 Å². The van der Waals surface area contributed by atoms with Crippen molar-refractivity contribution < 1.29 is 9.90 Å². The smallest absolute Gasteiger partial charge is 0.253 e. The summed E-state index contributed by atoms with van der Waals surface area (Å²) in [6.07, 6.45) is 4.47. The van der Waals surface area contributed by atoms with Gasteiger partial charge in [0, 0.05) is 18.7 Å². The van der Waals surface area contributed by atoms with Gasteiger partial charge in [0.05, 0.1) is 23.4 Å². The Labute approximate surface area is 170 Å². The van der Waals surface area contributed by atoms with Gasteiger partial charge in [-0.1, -0.05) is 30.3 Å². The van der Waals surface area contributed by atoms with Crippen molar-refractivity contribution in [2.75, 3.05) is 26.2 Å². The van der Waals surface area contributed by atoms with Crippen molar-refractivity contribution in [3.63, 3.8) is 0 Å². The molecule has 150 valence electrons. The van der Waals surface area contributed by atoms with Gasteiger partial charge in [-0.05, 0) is 56.1 Å². The molecule has 2 aliphatic rings. The Morgan fingerprint density at radius 2 is 1.90 bits per heavy atom. The number of likely N-dealkylation sites (tertiary alicyclic amines) is 2. The second kappa shape index (κ2) is 7.28. The molecular formula is C23H26N4O2. The van der Waals surface area contributed by atoms with Gasteiger partial charge in [-0.2, -0.15) is 0 Å². The molecule has 3 heterocycles. The first kappa shape index (κ1) is 18.3. The van der Waals surface area contributed by atoms with Crippen molar-refractivity contribution in [3.8, 4) is 0 Å². The average molecular weight is 390 g/mol. The number of hydrogen-bond acceptors (Lipinski definition) is 4. The Bertz CT molecular complexity index is 1010. The minimum absolute atomic E-state index is 0.0146. The van der Waals surface area contributed by atoms with E-state index in [9.17, 15) is 9.90 Å². The maximum Gasteiger partial charge on any atom is 0.253 e. The number of piperidine rings is 1. The highest BCUT2D eigenvalue weighted by Crippen LogP contribution is 2.37. The summed E-state index contributed by atoms with van der Waals surface area (Å²) in [4.78, 5) is 24.8. The van der Waals surface area contributed by atoms with E-state index in [1.54, 1.807) is 6.33 Å². The van der Waals surface area contributed by atoms with Crippen LogP contribution in [0.2, 0.25) is 0 Å². The summed E-state index contributed by atoms with van der Waals surface area (Å²) in [5.41, 5.74) is 2.39. The first-order valence-corrected chi connectivity index (χ1v) is 10.4. The molecule has 0 radical (unpaired) electrons. The number of fused-ring (bicyclic) bond motifs is 1. The molecule has 29 heavy (non-hydrogen) atoms. The van der Waals surface area contributed by atoms with Crippen molar-refractivity contribution in [2.24, 2.45) is 0 Å². The van der Waals surface area contributed by atoms with E-state index >= 15 is 0 Å². The Kier molecular flexibility index (Phi) is 4.60. The molecule has 6 heteroatoms. The zero-order valence-corrected chi connectivity index (χ0v) is 16.4. The van der Waals surface area contributed by atoms with Gasteiger partial charge >= 0.3 is 0 Å². The molecule has 5 rings (SSSR count). The summed E-state index contributed by atoms with van der Waals surface area (Å²) in [5.74, 6) is 0.0146. The van der Waals surface area contributed by atoms with Crippen molar-refractivity contribution >= 4 is 16.9 Å². The molecular weight excluding hydrogens is 364 g/mol. The lowest BCUT2D eigenvalue weighted by molar-refractivity contribution is -0.0878. The number of nitrogens with one attached hydrogen (secondary N) is 1. The molecule has 0 saturated carbocycles. The highest BCUT2D eigenvalue weighted by atomic mass is 16.3. The number of aromatic nitrogens is 2. The fourth-order valence-corrected chi connectivity index (χ4v) is 4.89. The van der Waals surface area contributed by atoms with Crippen LogP contribution in [0, 0.1) is 0 Å². The molecule has 2 saturated heterocycles. The Morgan fingerprint density at radius 3 is 2.69 bits per heavy atom. The third kappa shape index (κ3) is 3.22. The fourth-order valence-electron chi connectivity index (χ4n) is 4.89. The van der Waals surface area contributed by atoms with Gasteiger partial charge in [0.2, 0.25) is 0 Å². The van der Waals surface area contributed by atoms with Gasteiger partial charge in [-0.3, -0.25) is 9.69 Å². The van der Waals surface area contributed by atoms with E-state index in [0.717, 1.165) is 42.5 Å².